The lowest BCUT2D eigenvalue weighted by Crippen LogP contribution is -2.29. The Balaban J connectivity index is 1.51. The quantitative estimate of drug-likeness (QED) is 0.812. The highest BCUT2D eigenvalue weighted by molar-refractivity contribution is 9.10. The minimum atomic E-state index is -0.00290. The van der Waals surface area contributed by atoms with Crippen LogP contribution in [0, 0.1) is 0 Å². The summed E-state index contributed by atoms with van der Waals surface area (Å²) in [6.07, 6.45) is 7.18. The molecule has 1 amide bonds. The molecule has 0 radical (unpaired) electrons. The molecule has 1 fully saturated rings. The Labute approximate surface area is 136 Å². The highest BCUT2D eigenvalue weighted by atomic mass is 79.9. The molecule has 0 N–H and O–H groups in total. The number of hydrogen-bond donors (Lipinski definition) is 0. The Hall–Kier alpha value is -1.83. The number of aromatic nitrogens is 4. The molecule has 2 aromatic heterocycles. The topological polar surface area (TPSA) is 65.2 Å². The van der Waals surface area contributed by atoms with Gasteiger partial charge in [-0.2, -0.15) is 10.2 Å². The summed E-state index contributed by atoms with van der Waals surface area (Å²) >= 11 is 3.40. The fourth-order valence-electron chi connectivity index (χ4n) is 3.04. The first-order chi connectivity index (χ1) is 10.7. The molecule has 0 aromatic carbocycles. The molecule has 0 spiro atoms. The van der Waals surface area contributed by atoms with Crippen molar-refractivity contribution in [1.82, 2.24) is 24.5 Å². The third-order valence-corrected chi connectivity index (χ3v) is 4.58. The van der Waals surface area contributed by atoms with Gasteiger partial charge in [0.1, 0.15) is 5.56 Å². The van der Waals surface area contributed by atoms with Gasteiger partial charge in [-0.25, -0.2) is 4.68 Å². The molecule has 1 saturated heterocycles. The summed E-state index contributed by atoms with van der Waals surface area (Å²) < 4.78 is 10.3. The Morgan fingerprint density at radius 1 is 1.32 bits per heavy atom. The first-order valence-corrected chi connectivity index (χ1v) is 8.19. The lowest BCUT2D eigenvalue weighted by Gasteiger charge is -2.19. The number of halogens is 1. The highest BCUT2D eigenvalue weighted by Crippen LogP contribution is 2.28. The van der Waals surface area contributed by atoms with Crippen molar-refractivity contribution in [3.05, 3.63) is 28.6 Å². The van der Waals surface area contributed by atoms with Crippen molar-refractivity contribution in [3.8, 4) is 5.88 Å². The van der Waals surface area contributed by atoms with Crippen LogP contribution in [-0.2, 0) is 6.54 Å². The number of fused-ring (bicyclic) bond motifs is 1. The summed E-state index contributed by atoms with van der Waals surface area (Å²) in [6.45, 7) is 2.85. The lowest BCUT2D eigenvalue weighted by molar-refractivity contribution is 0.0780. The van der Waals surface area contributed by atoms with Crippen LogP contribution in [0.1, 0.15) is 29.2 Å². The molecule has 7 nitrogen and oxygen atoms in total. The summed E-state index contributed by atoms with van der Waals surface area (Å²) in [5, 5.41) is 8.57. The summed E-state index contributed by atoms with van der Waals surface area (Å²) in [5.74, 6) is 0.610. The van der Waals surface area contributed by atoms with Crippen LogP contribution in [0.4, 0.5) is 0 Å². The smallest absolute Gasteiger partial charge is 0.261 e. The molecule has 116 valence electrons. The van der Waals surface area contributed by atoms with Crippen LogP contribution in [0.2, 0.25) is 0 Å². The first-order valence-electron chi connectivity index (χ1n) is 7.40. The van der Waals surface area contributed by atoms with Crippen LogP contribution in [-0.4, -0.2) is 50.1 Å². The van der Waals surface area contributed by atoms with Crippen LogP contribution in [0.25, 0.3) is 0 Å². The van der Waals surface area contributed by atoms with Gasteiger partial charge in [-0.1, -0.05) is 0 Å². The first kappa shape index (κ1) is 13.8. The van der Waals surface area contributed by atoms with Gasteiger partial charge in [-0.3, -0.25) is 9.48 Å². The van der Waals surface area contributed by atoms with E-state index in [1.807, 2.05) is 15.8 Å². The third-order valence-electron chi connectivity index (χ3n) is 4.17. The Bertz CT molecular complexity index is 710. The second-order valence-electron chi connectivity index (χ2n) is 5.62. The van der Waals surface area contributed by atoms with Crippen molar-refractivity contribution >= 4 is 21.8 Å². The number of aryl methyl sites for hydroxylation is 1. The SMILES string of the molecule is O=C(c1cnn2c1OCCC2)N1CCC(n2cc(Br)cn2)C1. The number of rotatable bonds is 2. The highest BCUT2D eigenvalue weighted by Gasteiger charge is 2.32. The Morgan fingerprint density at radius 2 is 2.23 bits per heavy atom. The summed E-state index contributed by atoms with van der Waals surface area (Å²) in [7, 11) is 0. The van der Waals surface area contributed by atoms with Crippen LogP contribution in [0.15, 0.2) is 23.1 Å². The average Bonchev–Trinajstić information content (AvgIpc) is 3.25. The van der Waals surface area contributed by atoms with E-state index in [0.717, 1.165) is 30.4 Å². The summed E-state index contributed by atoms with van der Waals surface area (Å²) in [6, 6.07) is 0.225. The minimum absolute atomic E-state index is 0.00290. The molecule has 1 atom stereocenters. The monoisotopic (exact) mass is 365 g/mol. The maximum absolute atomic E-state index is 12.7. The van der Waals surface area contributed by atoms with Gasteiger partial charge in [0, 0.05) is 32.3 Å². The van der Waals surface area contributed by atoms with Crippen molar-refractivity contribution in [2.24, 2.45) is 0 Å². The largest absolute Gasteiger partial charge is 0.477 e. The van der Waals surface area contributed by atoms with Crippen LogP contribution in [0.3, 0.4) is 0 Å². The molecule has 0 bridgehead atoms. The predicted octanol–water partition coefficient (Wildman–Crippen LogP) is 1.71. The molecule has 8 heteroatoms. The van der Waals surface area contributed by atoms with Crippen LogP contribution >= 0.6 is 15.9 Å². The van der Waals surface area contributed by atoms with E-state index in [1.165, 1.54) is 0 Å². The van der Waals surface area contributed by atoms with Crippen LogP contribution in [0.5, 0.6) is 5.88 Å². The van der Waals surface area contributed by atoms with Crippen molar-refractivity contribution in [3.63, 3.8) is 0 Å². The zero-order chi connectivity index (χ0) is 15.1. The van der Waals surface area contributed by atoms with Gasteiger partial charge >= 0.3 is 0 Å². The van der Waals surface area contributed by atoms with Gasteiger partial charge in [-0.15, -0.1) is 0 Å². The molecule has 2 aromatic rings. The number of hydrogen-bond acceptors (Lipinski definition) is 4. The van der Waals surface area contributed by atoms with Crippen LogP contribution < -0.4 is 4.74 Å². The van der Waals surface area contributed by atoms with Gasteiger partial charge < -0.3 is 9.64 Å². The van der Waals surface area contributed by atoms with E-state index in [1.54, 1.807) is 17.1 Å². The van der Waals surface area contributed by atoms with Crippen molar-refractivity contribution in [2.75, 3.05) is 19.7 Å². The molecule has 2 aliphatic heterocycles. The van der Waals surface area contributed by atoms with Crippen molar-refractivity contribution in [2.45, 2.75) is 25.4 Å². The van der Waals surface area contributed by atoms with Crippen molar-refractivity contribution in [1.29, 1.82) is 0 Å². The summed E-state index contributed by atoms with van der Waals surface area (Å²) in [5.41, 5.74) is 0.571. The summed E-state index contributed by atoms with van der Waals surface area (Å²) in [4.78, 5) is 14.6. The van der Waals surface area contributed by atoms with E-state index in [4.69, 9.17) is 4.74 Å². The maximum atomic E-state index is 12.7. The average molecular weight is 366 g/mol. The number of amides is 1. The fraction of sp³-hybridized carbons (Fsp3) is 0.500. The normalized spacial score (nSPS) is 20.8. The Morgan fingerprint density at radius 3 is 3.05 bits per heavy atom. The van der Waals surface area contributed by atoms with E-state index in [-0.39, 0.29) is 11.9 Å². The van der Waals surface area contributed by atoms with E-state index >= 15 is 0 Å². The second kappa shape index (κ2) is 5.42. The molecule has 1 unspecified atom stereocenters. The van der Waals surface area contributed by atoms with Gasteiger partial charge in [0.15, 0.2) is 0 Å². The maximum Gasteiger partial charge on any atom is 0.261 e. The molecule has 22 heavy (non-hydrogen) atoms. The van der Waals surface area contributed by atoms with E-state index < -0.39 is 0 Å². The fourth-order valence-corrected chi connectivity index (χ4v) is 3.34. The second-order valence-corrected chi connectivity index (χ2v) is 6.54. The van der Waals surface area contributed by atoms with Crippen molar-refractivity contribution < 1.29 is 9.53 Å². The zero-order valence-electron chi connectivity index (χ0n) is 12.0. The van der Waals surface area contributed by atoms with Gasteiger partial charge in [0.25, 0.3) is 5.91 Å². The standard InChI is InChI=1S/C14H16BrN5O2/c15-10-6-16-20(8-10)11-2-4-18(9-11)13(21)12-7-17-19-3-1-5-22-14(12)19/h6-8,11H,1-5,9H2. The molecule has 4 heterocycles. The van der Waals surface area contributed by atoms with Gasteiger partial charge in [0.05, 0.1) is 29.5 Å². The molecule has 0 saturated carbocycles. The predicted molar refractivity (Wildman–Crippen MR) is 81.8 cm³/mol. The van der Waals surface area contributed by atoms with E-state index in [9.17, 15) is 4.79 Å². The number of carbonyl (C=O) groups is 1. The number of likely N-dealkylation sites (tertiary alicyclic amines) is 1. The molecular formula is C14H16BrN5O2. The minimum Gasteiger partial charge on any atom is -0.477 e. The lowest BCUT2D eigenvalue weighted by atomic mass is 10.2. The van der Waals surface area contributed by atoms with E-state index in [2.05, 4.69) is 26.1 Å². The Kier molecular flexibility index (Phi) is 3.40. The van der Waals surface area contributed by atoms with E-state index in [0.29, 0.717) is 24.6 Å². The number of ether oxygens (including phenoxy) is 1. The molecule has 2 aliphatic rings. The number of carbonyl (C=O) groups excluding carboxylic acids is 1. The third kappa shape index (κ3) is 2.31. The molecular weight excluding hydrogens is 350 g/mol. The zero-order valence-corrected chi connectivity index (χ0v) is 13.6. The van der Waals surface area contributed by atoms with Gasteiger partial charge in [-0.05, 0) is 22.4 Å². The number of nitrogens with zero attached hydrogens (tertiary/aromatic N) is 5. The molecule has 4 rings (SSSR count). The van der Waals surface area contributed by atoms with Gasteiger partial charge in [0.2, 0.25) is 5.88 Å². The molecule has 0 aliphatic carbocycles.